The van der Waals surface area contributed by atoms with Gasteiger partial charge < -0.3 is 21.3 Å². The summed E-state index contributed by atoms with van der Waals surface area (Å²) in [4.78, 5) is 28.0. The fourth-order valence-electron chi connectivity index (χ4n) is 4.29. The van der Waals surface area contributed by atoms with Gasteiger partial charge in [-0.2, -0.15) is 0 Å². The molecule has 0 saturated carbocycles. The zero-order valence-electron chi connectivity index (χ0n) is 16.6. The molecule has 1 aromatic heterocycles. The van der Waals surface area contributed by atoms with Crippen molar-refractivity contribution in [3.8, 4) is 0 Å². The SMILES string of the molecule is NC(=O)c1c(NC(=O)CCN2CCC(Nc3ccccc3)C2)sc2c1CCCC2. The number of nitrogens with one attached hydrogen (secondary N) is 2. The maximum absolute atomic E-state index is 12.5. The number of rotatable bonds is 7. The van der Waals surface area contributed by atoms with Crippen LogP contribution in [0, 0.1) is 0 Å². The number of fused-ring (bicyclic) bond motifs is 1. The van der Waals surface area contributed by atoms with Gasteiger partial charge in [0.15, 0.2) is 0 Å². The minimum absolute atomic E-state index is 0.0504. The molecule has 2 heterocycles. The van der Waals surface area contributed by atoms with Crippen molar-refractivity contribution in [2.24, 2.45) is 5.73 Å². The van der Waals surface area contributed by atoms with Crippen LogP contribution in [-0.4, -0.2) is 42.4 Å². The first kappa shape index (κ1) is 19.9. The molecule has 0 bridgehead atoms. The number of hydrogen-bond donors (Lipinski definition) is 3. The number of para-hydroxylation sites is 1. The molecule has 1 aliphatic heterocycles. The minimum Gasteiger partial charge on any atom is -0.381 e. The molecule has 0 spiro atoms. The van der Waals surface area contributed by atoms with Crippen LogP contribution in [0.4, 0.5) is 10.7 Å². The molecule has 2 aliphatic rings. The number of hydrogen-bond acceptors (Lipinski definition) is 5. The normalized spacial score (nSPS) is 19.0. The number of carbonyl (C=O) groups excluding carboxylic acids is 2. The monoisotopic (exact) mass is 412 g/mol. The Balaban J connectivity index is 1.29. The molecule has 7 heteroatoms. The van der Waals surface area contributed by atoms with Crippen molar-refractivity contribution in [3.63, 3.8) is 0 Å². The fourth-order valence-corrected chi connectivity index (χ4v) is 5.60. The first-order valence-electron chi connectivity index (χ1n) is 10.4. The smallest absolute Gasteiger partial charge is 0.251 e. The Hall–Kier alpha value is -2.38. The van der Waals surface area contributed by atoms with E-state index < -0.39 is 5.91 Å². The molecule has 29 heavy (non-hydrogen) atoms. The van der Waals surface area contributed by atoms with Crippen LogP contribution in [0.2, 0.25) is 0 Å². The van der Waals surface area contributed by atoms with E-state index in [2.05, 4.69) is 27.7 Å². The molecule has 1 aromatic carbocycles. The molecule has 154 valence electrons. The zero-order valence-corrected chi connectivity index (χ0v) is 17.4. The molecule has 4 rings (SSSR count). The lowest BCUT2D eigenvalue weighted by Gasteiger charge is -2.17. The van der Waals surface area contributed by atoms with Crippen molar-refractivity contribution < 1.29 is 9.59 Å². The van der Waals surface area contributed by atoms with Crippen LogP contribution >= 0.6 is 11.3 Å². The van der Waals surface area contributed by atoms with E-state index >= 15 is 0 Å². The number of benzene rings is 1. The maximum atomic E-state index is 12.5. The second-order valence-electron chi connectivity index (χ2n) is 7.87. The summed E-state index contributed by atoms with van der Waals surface area (Å²) in [5.41, 5.74) is 8.34. The Labute approximate surface area is 175 Å². The number of likely N-dealkylation sites (tertiary alicyclic amines) is 1. The third-order valence-corrected chi connectivity index (χ3v) is 6.95. The number of aryl methyl sites for hydroxylation is 1. The van der Waals surface area contributed by atoms with Crippen LogP contribution in [0.1, 0.15) is 46.5 Å². The van der Waals surface area contributed by atoms with Crippen LogP contribution in [0.3, 0.4) is 0 Å². The number of anilines is 2. The van der Waals surface area contributed by atoms with Gasteiger partial charge in [0, 0.05) is 42.7 Å². The van der Waals surface area contributed by atoms with Gasteiger partial charge in [0.05, 0.1) is 5.56 Å². The van der Waals surface area contributed by atoms with Crippen LogP contribution < -0.4 is 16.4 Å². The van der Waals surface area contributed by atoms with Gasteiger partial charge >= 0.3 is 0 Å². The lowest BCUT2D eigenvalue weighted by atomic mass is 9.95. The van der Waals surface area contributed by atoms with Crippen molar-refractivity contribution >= 4 is 33.8 Å². The quantitative estimate of drug-likeness (QED) is 0.651. The van der Waals surface area contributed by atoms with Crippen LogP contribution in [0.15, 0.2) is 30.3 Å². The van der Waals surface area contributed by atoms with Crippen LogP contribution in [0.25, 0.3) is 0 Å². The first-order valence-corrected chi connectivity index (χ1v) is 11.2. The topological polar surface area (TPSA) is 87.5 Å². The van der Waals surface area contributed by atoms with Gasteiger partial charge in [0.25, 0.3) is 5.91 Å². The molecule has 1 unspecified atom stereocenters. The molecular weight excluding hydrogens is 384 g/mol. The highest BCUT2D eigenvalue weighted by Gasteiger charge is 2.26. The van der Waals surface area contributed by atoms with Gasteiger partial charge in [0.2, 0.25) is 5.91 Å². The summed E-state index contributed by atoms with van der Waals surface area (Å²) >= 11 is 1.52. The number of amides is 2. The molecule has 0 radical (unpaired) electrons. The van der Waals surface area contributed by atoms with E-state index in [9.17, 15) is 9.59 Å². The highest BCUT2D eigenvalue weighted by atomic mass is 32.1. The summed E-state index contributed by atoms with van der Waals surface area (Å²) in [6.07, 6.45) is 5.54. The Morgan fingerprint density at radius 2 is 1.97 bits per heavy atom. The first-order chi connectivity index (χ1) is 14.1. The van der Waals surface area contributed by atoms with Gasteiger partial charge in [-0.05, 0) is 49.8 Å². The van der Waals surface area contributed by atoms with Gasteiger partial charge in [-0.15, -0.1) is 11.3 Å². The lowest BCUT2D eigenvalue weighted by molar-refractivity contribution is -0.116. The predicted octanol–water partition coefficient (Wildman–Crippen LogP) is 3.24. The Bertz CT molecular complexity index is 880. The summed E-state index contributed by atoms with van der Waals surface area (Å²) in [5.74, 6) is -0.486. The van der Waals surface area contributed by atoms with Crippen LogP contribution in [-0.2, 0) is 17.6 Å². The molecule has 1 aliphatic carbocycles. The number of primary amides is 1. The van der Waals surface area contributed by atoms with Gasteiger partial charge in [-0.1, -0.05) is 18.2 Å². The van der Waals surface area contributed by atoms with E-state index in [0.717, 1.165) is 63.0 Å². The Morgan fingerprint density at radius 1 is 1.17 bits per heavy atom. The highest BCUT2D eigenvalue weighted by molar-refractivity contribution is 7.17. The van der Waals surface area contributed by atoms with Crippen molar-refractivity contribution in [2.45, 2.75) is 44.6 Å². The summed E-state index contributed by atoms with van der Waals surface area (Å²) in [6.45, 7) is 2.63. The summed E-state index contributed by atoms with van der Waals surface area (Å²) in [6, 6.07) is 10.6. The molecule has 4 N–H and O–H groups in total. The number of nitrogens with zero attached hydrogens (tertiary/aromatic N) is 1. The van der Waals surface area contributed by atoms with Gasteiger partial charge in [0.1, 0.15) is 5.00 Å². The van der Waals surface area contributed by atoms with Crippen molar-refractivity contribution in [2.75, 3.05) is 30.3 Å². The van der Waals surface area contributed by atoms with E-state index in [1.165, 1.54) is 16.2 Å². The molecule has 1 fully saturated rings. The average Bonchev–Trinajstić information content (AvgIpc) is 3.31. The third-order valence-electron chi connectivity index (χ3n) is 5.74. The zero-order chi connectivity index (χ0) is 20.2. The van der Waals surface area contributed by atoms with Crippen molar-refractivity contribution in [1.29, 1.82) is 0 Å². The number of carbonyl (C=O) groups is 2. The molecule has 2 amide bonds. The number of nitrogens with two attached hydrogens (primary N) is 1. The molecule has 1 saturated heterocycles. The number of thiophene rings is 1. The molecule has 2 aromatic rings. The summed E-state index contributed by atoms with van der Waals surface area (Å²) < 4.78 is 0. The van der Waals surface area contributed by atoms with E-state index in [1.807, 2.05) is 18.2 Å². The second kappa shape index (κ2) is 8.97. The standard InChI is InChI=1S/C22H28N4O2S/c23-21(28)20-17-8-4-5-9-18(17)29-22(20)25-19(27)11-13-26-12-10-16(14-26)24-15-6-2-1-3-7-15/h1-3,6-7,16,24H,4-5,8-14H2,(H2,23,28)(H,25,27). The van der Waals surface area contributed by atoms with Crippen molar-refractivity contribution in [1.82, 2.24) is 4.90 Å². The third kappa shape index (κ3) is 4.79. The fraction of sp³-hybridized carbons (Fsp3) is 0.455. The Morgan fingerprint density at radius 3 is 2.76 bits per heavy atom. The predicted molar refractivity (Wildman–Crippen MR) is 118 cm³/mol. The minimum atomic E-state index is -0.436. The molecule has 1 atom stereocenters. The largest absolute Gasteiger partial charge is 0.381 e. The highest BCUT2D eigenvalue weighted by Crippen LogP contribution is 2.37. The van der Waals surface area contributed by atoms with E-state index in [0.29, 0.717) is 23.0 Å². The lowest BCUT2D eigenvalue weighted by Crippen LogP contribution is -2.29. The second-order valence-corrected chi connectivity index (χ2v) is 8.98. The van der Waals surface area contributed by atoms with E-state index in [4.69, 9.17) is 5.73 Å². The van der Waals surface area contributed by atoms with E-state index in [-0.39, 0.29) is 5.91 Å². The van der Waals surface area contributed by atoms with Gasteiger partial charge in [-0.3, -0.25) is 9.59 Å². The summed E-state index contributed by atoms with van der Waals surface area (Å²) in [5, 5.41) is 7.15. The van der Waals surface area contributed by atoms with Gasteiger partial charge in [-0.25, -0.2) is 0 Å². The average molecular weight is 413 g/mol. The molecule has 6 nitrogen and oxygen atoms in total. The van der Waals surface area contributed by atoms with Crippen LogP contribution in [0.5, 0.6) is 0 Å². The molecular formula is C22H28N4O2S. The maximum Gasteiger partial charge on any atom is 0.251 e. The van der Waals surface area contributed by atoms with Crippen molar-refractivity contribution in [3.05, 3.63) is 46.3 Å². The Kier molecular flexibility index (Phi) is 6.16. The van der Waals surface area contributed by atoms with E-state index in [1.54, 1.807) is 0 Å². The summed E-state index contributed by atoms with van der Waals surface area (Å²) in [7, 11) is 0.